The molecule has 0 aliphatic carbocycles. The van der Waals surface area contributed by atoms with Gasteiger partial charge in [-0.3, -0.25) is 0 Å². The molecule has 0 aliphatic rings. The molecule has 2 N–H and O–H groups in total. The first kappa shape index (κ1) is 12.9. The van der Waals surface area contributed by atoms with Crippen LogP contribution in [0.15, 0.2) is 18.2 Å². The van der Waals surface area contributed by atoms with Gasteiger partial charge in [0, 0.05) is 0 Å². The van der Waals surface area contributed by atoms with E-state index in [0.717, 1.165) is 0 Å². The monoisotopic (exact) mass is 227 g/mol. The van der Waals surface area contributed by atoms with Gasteiger partial charge in [0.1, 0.15) is 18.2 Å². The third kappa shape index (κ3) is 3.18. The van der Waals surface area contributed by atoms with Crippen molar-refractivity contribution < 1.29 is 14.2 Å². The van der Waals surface area contributed by atoms with E-state index in [0.29, 0.717) is 17.9 Å². The van der Waals surface area contributed by atoms with E-state index >= 15 is 0 Å². The van der Waals surface area contributed by atoms with Gasteiger partial charge in [0.25, 0.3) is 0 Å². The molecule has 1 aromatic rings. The van der Waals surface area contributed by atoms with Crippen molar-refractivity contribution in [2.75, 3.05) is 20.3 Å². The Morgan fingerprint density at radius 2 is 2.19 bits per heavy atom. The van der Waals surface area contributed by atoms with Gasteiger partial charge in [0.15, 0.2) is 0 Å². The summed E-state index contributed by atoms with van der Waals surface area (Å²) in [6.07, 6.45) is 0. The molecule has 0 aromatic heterocycles. The van der Waals surface area contributed by atoms with E-state index in [9.17, 15) is 4.39 Å². The van der Waals surface area contributed by atoms with Crippen molar-refractivity contribution in [3.8, 4) is 5.75 Å². The normalized spacial score (nSPS) is 14.6. The zero-order chi connectivity index (χ0) is 12.2. The number of benzene rings is 1. The highest BCUT2D eigenvalue weighted by molar-refractivity contribution is 5.28. The zero-order valence-electron chi connectivity index (χ0n) is 9.88. The topological polar surface area (TPSA) is 41.5 Å². The average molecular weight is 227 g/mol. The van der Waals surface area contributed by atoms with Gasteiger partial charge in [-0.25, -0.2) is 4.39 Å². The second-order valence-corrected chi connectivity index (χ2v) is 4.17. The standard InChI is InChI=1S/C12H18FNO2/c1-9-6-10(4-5-11(9)13)16-8-12(2,7-15)14-3/h4-6,14-15H,7-8H2,1-3H3. The van der Waals surface area contributed by atoms with Gasteiger partial charge >= 0.3 is 0 Å². The minimum atomic E-state index is -0.484. The smallest absolute Gasteiger partial charge is 0.126 e. The Labute approximate surface area is 95.2 Å². The Bertz CT molecular complexity index is 351. The van der Waals surface area contributed by atoms with Crippen LogP contribution in [-0.2, 0) is 0 Å². The van der Waals surface area contributed by atoms with Crippen LogP contribution >= 0.6 is 0 Å². The average Bonchev–Trinajstić information content (AvgIpc) is 2.30. The van der Waals surface area contributed by atoms with Gasteiger partial charge < -0.3 is 15.2 Å². The van der Waals surface area contributed by atoms with Gasteiger partial charge in [0.2, 0.25) is 0 Å². The number of rotatable bonds is 5. The molecule has 1 unspecified atom stereocenters. The van der Waals surface area contributed by atoms with Crippen LogP contribution in [0.25, 0.3) is 0 Å². The van der Waals surface area contributed by atoms with Gasteiger partial charge in [-0.05, 0) is 44.7 Å². The molecule has 0 saturated carbocycles. The van der Waals surface area contributed by atoms with Crippen molar-refractivity contribution in [3.05, 3.63) is 29.6 Å². The molecule has 1 atom stereocenters. The highest BCUT2D eigenvalue weighted by atomic mass is 19.1. The molecule has 0 spiro atoms. The van der Waals surface area contributed by atoms with Gasteiger partial charge in [0.05, 0.1) is 12.1 Å². The molecule has 1 aromatic carbocycles. The molecular formula is C12H18FNO2. The minimum Gasteiger partial charge on any atom is -0.492 e. The largest absolute Gasteiger partial charge is 0.492 e. The van der Waals surface area contributed by atoms with Gasteiger partial charge in [-0.15, -0.1) is 0 Å². The van der Waals surface area contributed by atoms with Crippen LogP contribution in [0.5, 0.6) is 5.75 Å². The summed E-state index contributed by atoms with van der Waals surface area (Å²) in [7, 11) is 1.76. The first-order valence-corrected chi connectivity index (χ1v) is 5.19. The van der Waals surface area contributed by atoms with E-state index in [2.05, 4.69) is 5.32 Å². The second kappa shape index (κ2) is 5.27. The lowest BCUT2D eigenvalue weighted by molar-refractivity contribution is 0.122. The number of likely N-dealkylation sites (N-methyl/N-ethyl adjacent to an activating group) is 1. The highest BCUT2D eigenvalue weighted by Gasteiger charge is 2.21. The number of aliphatic hydroxyl groups excluding tert-OH is 1. The molecule has 1 rings (SSSR count). The molecule has 0 amide bonds. The minimum absolute atomic E-state index is 0.0241. The number of aryl methyl sites for hydroxylation is 1. The summed E-state index contributed by atoms with van der Waals surface area (Å²) in [6, 6.07) is 4.60. The van der Waals surface area contributed by atoms with Gasteiger partial charge in [-0.1, -0.05) is 0 Å². The van der Waals surface area contributed by atoms with Crippen molar-refractivity contribution in [1.29, 1.82) is 0 Å². The molecule has 0 saturated heterocycles. The van der Waals surface area contributed by atoms with Crippen LogP contribution in [0, 0.1) is 12.7 Å². The van der Waals surface area contributed by atoms with E-state index in [-0.39, 0.29) is 12.4 Å². The van der Waals surface area contributed by atoms with Crippen molar-refractivity contribution >= 4 is 0 Å². The third-order valence-corrected chi connectivity index (χ3v) is 2.64. The van der Waals surface area contributed by atoms with E-state index in [4.69, 9.17) is 9.84 Å². The molecule has 0 bridgehead atoms. The molecule has 0 heterocycles. The lowest BCUT2D eigenvalue weighted by Gasteiger charge is -2.26. The maximum Gasteiger partial charge on any atom is 0.126 e. The molecule has 3 nitrogen and oxygen atoms in total. The Balaban J connectivity index is 2.64. The predicted octanol–water partition coefficient (Wildman–Crippen LogP) is 1.48. The summed E-state index contributed by atoms with van der Waals surface area (Å²) in [4.78, 5) is 0. The highest BCUT2D eigenvalue weighted by Crippen LogP contribution is 2.17. The fourth-order valence-corrected chi connectivity index (χ4v) is 1.15. The van der Waals surface area contributed by atoms with Crippen molar-refractivity contribution in [1.82, 2.24) is 5.32 Å². The van der Waals surface area contributed by atoms with Crippen LogP contribution < -0.4 is 10.1 Å². The molecule has 16 heavy (non-hydrogen) atoms. The third-order valence-electron chi connectivity index (χ3n) is 2.64. The van der Waals surface area contributed by atoms with Crippen LogP contribution in [-0.4, -0.2) is 30.9 Å². The summed E-state index contributed by atoms with van der Waals surface area (Å²) in [5.41, 5.74) is 0.0649. The summed E-state index contributed by atoms with van der Waals surface area (Å²) in [5, 5.41) is 12.1. The van der Waals surface area contributed by atoms with Crippen molar-refractivity contribution in [2.24, 2.45) is 0 Å². The molecule has 0 aliphatic heterocycles. The van der Waals surface area contributed by atoms with Crippen LogP contribution in [0.2, 0.25) is 0 Å². The number of hydrogen-bond acceptors (Lipinski definition) is 3. The SMILES string of the molecule is CNC(C)(CO)COc1ccc(F)c(C)c1. The number of aliphatic hydroxyl groups is 1. The van der Waals surface area contributed by atoms with E-state index in [1.54, 1.807) is 26.1 Å². The Morgan fingerprint density at radius 3 is 2.69 bits per heavy atom. The van der Waals surface area contributed by atoms with Gasteiger partial charge in [-0.2, -0.15) is 0 Å². The summed E-state index contributed by atoms with van der Waals surface area (Å²) in [5.74, 6) is 0.361. The number of nitrogens with one attached hydrogen (secondary N) is 1. The lowest BCUT2D eigenvalue weighted by Crippen LogP contribution is -2.48. The lowest BCUT2D eigenvalue weighted by atomic mass is 10.1. The number of hydrogen-bond donors (Lipinski definition) is 2. The predicted molar refractivity (Wildman–Crippen MR) is 61.2 cm³/mol. The van der Waals surface area contributed by atoms with Crippen molar-refractivity contribution in [3.63, 3.8) is 0 Å². The number of halogens is 1. The first-order chi connectivity index (χ1) is 7.50. The molecular weight excluding hydrogens is 209 g/mol. The quantitative estimate of drug-likeness (QED) is 0.800. The molecule has 0 radical (unpaired) electrons. The van der Waals surface area contributed by atoms with E-state index in [1.165, 1.54) is 6.07 Å². The van der Waals surface area contributed by atoms with Crippen LogP contribution in [0.3, 0.4) is 0 Å². The van der Waals surface area contributed by atoms with Crippen LogP contribution in [0.1, 0.15) is 12.5 Å². The Hall–Kier alpha value is -1.13. The Kier molecular flexibility index (Phi) is 4.26. The summed E-state index contributed by atoms with van der Waals surface area (Å²) in [6.45, 7) is 3.84. The first-order valence-electron chi connectivity index (χ1n) is 5.19. The molecule has 90 valence electrons. The maximum absolute atomic E-state index is 13.0. The second-order valence-electron chi connectivity index (χ2n) is 4.17. The van der Waals surface area contributed by atoms with E-state index < -0.39 is 5.54 Å². The summed E-state index contributed by atoms with van der Waals surface area (Å²) >= 11 is 0. The van der Waals surface area contributed by atoms with E-state index in [1.807, 2.05) is 6.92 Å². The maximum atomic E-state index is 13.0. The fourth-order valence-electron chi connectivity index (χ4n) is 1.15. The molecule has 4 heteroatoms. The Morgan fingerprint density at radius 1 is 1.50 bits per heavy atom. The summed E-state index contributed by atoms with van der Waals surface area (Å²) < 4.78 is 18.5. The fraction of sp³-hybridized carbons (Fsp3) is 0.500. The molecule has 0 fully saturated rings. The number of ether oxygens (including phenoxy) is 1. The van der Waals surface area contributed by atoms with Crippen molar-refractivity contribution in [2.45, 2.75) is 19.4 Å². The zero-order valence-corrected chi connectivity index (χ0v) is 9.88. The van der Waals surface area contributed by atoms with Crippen LogP contribution in [0.4, 0.5) is 4.39 Å².